The van der Waals surface area contributed by atoms with E-state index in [0.29, 0.717) is 12.0 Å². The fourth-order valence-electron chi connectivity index (χ4n) is 5.06. The smallest absolute Gasteiger partial charge is 0.326 e. The number of primary amides is 1. The van der Waals surface area contributed by atoms with Gasteiger partial charge < -0.3 is 53.0 Å². The van der Waals surface area contributed by atoms with Gasteiger partial charge >= 0.3 is 11.9 Å². The Hall–Kier alpha value is -5.10. The molecular formula is C31H45N7O11. The van der Waals surface area contributed by atoms with Crippen LogP contribution in [-0.4, -0.2) is 117 Å². The van der Waals surface area contributed by atoms with Crippen molar-refractivity contribution in [1.29, 1.82) is 0 Å². The highest BCUT2D eigenvalue weighted by Gasteiger charge is 2.40. The minimum Gasteiger partial charge on any atom is -0.481 e. The number of carbonyl (C=O) groups is 8. The van der Waals surface area contributed by atoms with Crippen LogP contribution in [0.25, 0.3) is 0 Å². The van der Waals surface area contributed by atoms with Crippen molar-refractivity contribution in [2.24, 2.45) is 17.4 Å². The third-order valence-corrected chi connectivity index (χ3v) is 7.88. The van der Waals surface area contributed by atoms with Gasteiger partial charge in [0.25, 0.3) is 0 Å². The molecule has 1 aliphatic heterocycles. The van der Waals surface area contributed by atoms with Crippen LogP contribution in [0.2, 0.25) is 0 Å². The highest BCUT2D eigenvalue weighted by atomic mass is 16.4. The topological polar surface area (TPSA) is 301 Å². The van der Waals surface area contributed by atoms with Crippen molar-refractivity contribution >= 4 is 47.4 Å². The molecule has 0 radical (unpaired) electrons. The number of nitrogens with two attached hydrogens (primary N) is 2. The number of carboxylic acids is 2. The summed E-state index contributed by atoms with van der Waals surface area (Å²) in [6.07, 6.45) is -1.34. The van der Waals surface area contributed by atoms with Gasteiger partial charge in [-0.25, -0.2) is 4.79 Å². The molecule has 1 heterocycles. The quantitative estimate of drug-likeness (QED) is 0.0700. The Bertz CT molecular complexity index is 1370. The molecule has 0 unspecified atom stereocenters. The van der Waals surface area contributed by atoms with Crippen LogP contribution in [0.4, 0.5) is 0 Å². The van der Waals surface area contributed by atoms with Gasteiger partial charge in [0.2, 0.25) is 35.4 Å². The third-order valence-electron chi connectivity index (χ3n) is 7.88. The Morgan fingerprint density at radius 2 is 1.45 bits per heavy atom. The minimum absolute atomic E-state index is 0.00242. The summed E-state index contributed by atoms with van der Waals surface area (Å²) in [6.45, 7) is 2.43. The van der Waals surface area contributed by atoms with Gasteiger partial charge in [0.05, 0.1) is 19.1 Å². The van der Waals surface area contributed by atoms with Gasteiger partial charge in [0, 0.05) is 19.4 Å². The number of aliphatic carboxylic acids is 2. The standard InChI is InChI=1S/C31H45N7O11/c1-16(2)25(33)29(46)37-21(15-39)27(44)34-18(10-11-23(32)40)26(43)35-19(14-24(41)42)30(47)38-12-6-9-22(38)28(45)36-20(31(48)49)13-17-7-4-3-5-8-17/h3-5,7-8,16,18-22,25,39H,6,9-15,33H2,1-2H3,(H2,32,40)(H,34,44)(H,35,43)(H,36,45)(H,37,46)(H,41,42)(H,48,49)/t18-,19-,20-,21-,22-,25-/m0/s1. The summed E-state index contributed by atoms with van der Waals surface area (Å²) in [5, 5.41) is 38.2. The summed E-state index contributed by atoms with van der Waals surface area (Å²) in [5.74, 6) is -8.58. The summed E-state index contributed by atoms with van der Waals surface area (Å²) in [4.78, 5) is 102. The summed E-state index contributed by atoms with van der Waals surface area (Å²) in [5.41, 5.74) is 11.6. The van der Waals surface area contributed by atoms with Crippen LogP contribution in [0.3, 0.4) is 0 Å². The SMILES string of the molecule is CC(C)[C@H](N)C(=O)N[C@@H](CO)C(=O)N[C@@H](CCC(N)=O)C(=O)N[C@@H](CC(=O)O)C(=O)N1CCC[C@H]1C(=O)N[C@@H](Cc1ccccc1)C(=O)O. The molecule has 18 nitrogen and oxygen atoms in total. The number of hydrogen-bond acceptors (Lipinski definition) is 10. The highest BCUT2D eigenvalue weighted by molar-refractivity contribution is 5.98. The monoisotopic (exact) mass is 691 g/mol. The first-order valence-electron chi connectivity index (χ1n) is 15.7. The van der Waals surface area contributed by atoms with E-state index in [2.05, 4.69) is 21.3 Å². The van der Waals surface area contributed by atoms with E-state index in [1.54, 1.807) is 44.2 Å². The zero-order valence-electron chi connectivity index (χ0n) is 27.3. The first-order chi connectivity index (χ1) is 23.0. The van der Waals surface area contributed by atoms with Gasteiger partial charge in [-0.1, -0.05) is 44.2 Å². The van der Waals surface area contributed by atoms with E-state index in [9.17, 15) is 53.7 Å². The molecular weight excluding hydrogens is 646 g/mol. The van der Waals surface area contributed by atoms with Gasteiger partial charge in [-0.05, 0) is 30.7 Å². The molecule has 1 saturated heterocycles. The predicted molar refractivity (Wildman–Crippen MR) is 171 cm³/mol. The number of likely N-dealkylation sites (tertiary alicyclic amines) is 1. The lowest BCUT2D eigenvalue weighted by molar-refractivity contribution is -0.147. The lowest BCUT2D eigenvalue weighted by Crippen LogP contribution is -2.60. The Morgan fingerprint density at radius 1 is 0.857 bits per heavy atom. The number of nitrogens with one attached hydrogen (secondary N) is 4. The van der Waals surface area contributed by atoms with E-state index in [0.717, 1.165) is 4.90 Å². The Morgan fingerprint density at radius 3 is 2.00 bits per heavy atom. The van der Waals surface area contributed by atoms with Crippen LogP contribution in [0.1, 0.15) is 51.5 Å². The van der Waals surface area contributed by atoms with E-state index in [4.69, 9.17) is 11.5 Å². The van der Waals surface area contributed by atoms with Crippen LogP contribution in [-0.2, 0) is 44.8 Å². The number of hydrogen-bond donors (Lipinski definition) is 9. The second-order valence-electron chi connectivity index (χ2n) is 12.0. The van der Waals surface area contributed by atoms with Crippen molar-refractivity contribution in [3.63, 3.8) is 0 Å². The normalized spacial score (nSPS) is 17.2. The summed E-state index contributed by atoms with van der Waals surface area (Å²) in [6, 6.07) is 0.136. The molecule has 1 aliphatic rings. The van der Waals surface area contributed by atoms with Crippen LogP contribution in [0.5, 0.6) is 0 Å². The number of nitrogens with zero attached hydrogens (tertiary/aromatic N) is 1. The molecule has 1 aromatic carbocycles. The fraction of sp³-hybridized carbons (Fsp3) is 0.548. The summed E-state index contributed by atoms with van der Waals surface area (Å²) in [7, 11) is 0. The van der Waals surface area contributed by atoms with Crippen LogP contribution >= 0.6 is 0 Å². The van der Waals surface area contributed by atoms with Crippen molar-refractivity contribution in [2.45, 2.75) is 88.6 Å². The van der Waals surface area contributed by atoms with E-state index >= 15 is 0 Å². The number of amides is 6. The zero-order chi connectivity index (χ0) is 36.8. The first-order valence-corrected chi connectivity index (χ1v) is 15.7. The third kappa shape index (κ3) is 12.5. The molecule has 2 rings (SSSR count). The molecule has 0 bridgehead atoms. The summed E-state index contributed by atoms with van der Waals surface area (Å²) >= 11 is 0. The number of rotatable bonds is 19. The maximum atomic E-state index is 13.6. The van der Waals surface area contributed by atoms with E-state index in [-0.39, 0.29) is 25.3 Å². The average molecular weight is 692 g/mol. The predicted octanol–water partition coefficient (Wildman–Crippen LogP) is -3.04. The number of carbonyl (C=O) groups excluding carboxylic acids is 6. The summed E-state index contributed by atoms with van der Waals surface area (Å²) < 4.78 is 0. The second kappa shape index (κ2) is 19.0. The fourth-order valence-corrected chi connectivity index (χ4v) is 5.06. The average Bonchev–Trinajstić information content (AvgIpc) is 3.54. The minimum atomic E-state index is -1.75. The largest absolute Gasteiger partial charge is 0.481 e. The van der Waals surface area contributed by atoms with Crippen molar-refractivity contribution in [3.05, 3.63) is 35.9 Å². The van der Waals surface area contributed by atoms with Gasteiger partial charge in [-0.2, -0.15) is 0 Å². The second-order valence-corrected chi connectivity index (χ2v) is 12.0. The van der Waals surface area contributed by atoms with Crippen LogP contribution < -0.4 is 32.7 Å². The Kier molecular flexibility index (Phi) is 15.6. The first kappa shape index (κ1) is 40.1. The molecule has 11 N–H and O–H groups in total. The molecule has 18 heteroatoms. The molecule has 6 amide bonds. The number of carboxylic acid groups (broad SMARTS) is 2. The van der Waals surface area contributed by atoms with Crippen LogP contribution in [0.15, 0.2) is 30.3 Å². The molecule has 49 heavy (non-hydrogen) atoms. The van der Waals surface area contributed by atoms with Crippen molar-refractivity contribution in [3.8, 4) is 0 Å². The zero-order valence-corrected chi connectivity index (χ0v) is 27.3. The van der Waals surface area contributed by atoms with Gasteiger partial charge in [0.15, 0.2) is 0 Å². The van der Waals surface area contributed by atoms with Crippen LogP contribution in [0, 0.1) is 5.92 Å². The molecule has 6 atom stereocenters. The van der Waals surface area contributed by atoms with E-state index < -0.39 is 110 Å². The maximum Gasteiger partial charge on any atom is 0.326 e. The molecule has 1 aromatic rings. The lowest BCUT2D eigenvalue weighted by Gasteiger charge is -2.30. The molecule has 0 saturated carbocycles. The maximum absolute atomic E-state index is 13.6. The van der Waals surface area contributed by atoms with Gasteiger partial charge in [-0.15, -0.1) is 0 Å². The van der Waals surface area contributed by atoms with Crippen molar-refractivity contribution in [2.75, 3.05) is 13.2 Å². The van der Waals surface area contributed by atoms with Crippen molar-refractivity contribution in [1.82, 2.24) is 26.2 Å². The Labute approximate surface area is 282 Å². The van der Waals surface area contributed by atoms with Gasteiger partial charge in [-0.3, -0.25) is 33.6 Å². The lowest BCUT2D eigenvalue weighted by atomic mass is 10.0. The van der Waals surface area contributed by atoms with Crippen molar-refractivity contribution < 1.29 is 53.7 Å². The highest BCUT2D eigenvalue weighted by Crippen LogP contribution is 2.20. The molecule has 1 fully saturated rings. The van der Waals surface area contributed by atoms with E-state index in [1.165, 1.54) is 0 Å². The number of benzene rings is 1. The molecule has 270 valence electrons. The number of aliphatic hydroxyl groups is 1. The van der Waals surface area contributed by atoms with Gasteiger partial charge in [0.1, 0.15) is 30.2 Å². The Balaban J connectivity index is 2.23. The molecule has 0 spiro atoms. The number of aliphatic hydroxyl groups excluding tert-OH is 1. The van der Waals surface area contributed by atoms with E-state index in [1.807, 2.05) is 0 Å². The molecule has 0 aromatic heterocycles. The molecule has 0 aliphatic carbocycles.